The lowest BCUT2D eigenvalue weighted by Crippen LogP contribution is -2.53. The van der Waals surface area contributed by atoms with Crippen LogP contribution in [0.4, 0.5) is 0 Å². The molecular weight excluding hydrogens is 306 g/mol. The van der Waals surface area contributed by atoms with Gasteiger partial charge in [-0.05, 0) is 32.2 Å². The molecular formula is C12H18ClNO3S2. The highest BCUT2D eigenvalue weighted by molar-refractivity contribution is 7.89. The van der Waals surface area contributed by atoms with E-state index in [1.54, 1.807) is 11.4 Å². The molecule has 1 fully saturated rings. The summed E-state index contributed by atoms with van der Waals surface area (Å²) in [6.07, 6.45) is -0.114. The van der Waals surface area contributed by atoms with Gasteiger partial charge in [-0.25, -0.2) is 8.42 Å². The van der Waals surface area contributed by atoms with E-state index in [0.717, 1.165) is 0 Å². The molecule has 1 atom stereocenters. The Kier molecular flexibility index (Phi) is 4.28. The topological polar surface area (TPSA) is 46.6 Å². The number of thiophene rings is 1. The highest BCUT2D eigenvalue weighted by atomic mass is 35.5. The van der Waals surface area contributed by atoms with Crippen molar-refractivity contribution in [2.24, 2.45) is 0 Å². The van der Waals surface area contributed by atoms with Crippen molar-refractivity contribution in [1.29, 1.82) is 0 Å². The number of rotatable bonds is 3. The Labute approximate surface area is 123 Å². The van der Waals surface area contributed by atoms with Crippen LogP contribution in [0.5, 0.6) is 0 Å². The molecule has 2 rings (SSSR count). The van der Waals surface area contributed by atoms with Gasteiger partial charge in [-0.2, -0.15) is 4.31 Å². The van der Waals surface area contributed by atoms with Crippen molar-refractivity contribution >= 4 is 33.0 Å². The maximum absolute atomic E-state index is 12.7. The third-order valence-corrected chi connectivity index (χ3v) is 6.35. The molecule has 1 aromatic heterocycles. The van der Waals surface area contributed by atoms with Crippen molar-refractivity contribution in [3.05, 3.63) is 16.3 Å². The lowest BCUT2D eigenvalue weighted by atomic mass is 10.1. The molecule has 1 aliphatic rings. The zero-order valence-electron chi connectivity index (χ0n) is 11.2. The van der Waals surface area contributed by atoms with Crippen molar-refractivity contribution in [2.45, 2.75) is 43.3 Å². The zero-order chi connectivity index (χ0) is 14.3. The summed E-state index contributed by atoms with van der Waals surface area (Å²) in [6, 6.07) is 1.63. The fraction of sp³-hybridized carbons (Fsp3) is 0.667. The number of morpholine rings is 1. The molecule has 0 aliphatic carbocycles. The highest BCUT2D eigenvalue weighted by Gasteiger charge is 2.38. The van der Waals surface area contributed by atoms with Crippen molar-refractivity contribution in [3.63, 3.8) is 0 Å². The molecule has 19 heavy (non-hydrogen) atoms. The number of hydrogen-bond acceptors (Lipinski definition) is 4. The van der Waals surface area contributed by atoms with Crippen LogP contribution in [0.15, 0.2) is 16.3 Å². The molecule has 0 radical (unpaired) electrons. The summed E-state index contributed by atoms with van der Waals surface area (Å²) >= 11 is 7.18. The van der Waals surface area contributed by atoms with E-state index in [-0.39, 0.29) is 12.0 Å². The largest absolute Gasteiger partial charge is 0.370 e. The van der Waals surface area contributed by atoms with Crippen molar-refractivity contribution in [3.8, 4) is 0 Å². The fourth-order valence-electron chi connectivity index (χ4n) is 2.37. The average Bonchev–Trinajstić information content (AvgIpc) is 2.74. The molecule has 4 nitrogen and oxygen atoms in total. The number of alkyl halides is 1. The summed E-state index contributed by atoms with van der Waals surface area (Å²) in [5, 5.41) is 1.76. The smallest absolute Gasteiger partial charge is 0.244 e. The van der Waals surface area contributed by atoms with Crippen LogP contribution in [0, 0.1) is 0 Å². The van der Waals surface area contributed by atoms with E-state index in [2.05, 4.69) is 0 Å². The molecule has 0 spiro atoms. The normalized spacial score (nSPS) is 24.5. The van der Waals surface area contributed by atoms with Crippen LogP contribution in [-0.2, 0) is 20.6 Å². The first-order valence-electron chi connectivity index (χ1n) is 6.06. The van der Waals surface area contributed by atoms with Crippen LogP contribution in [0.3, 0.4) is 0 Å². The Morgan fingerprint density at radius 3 is 2.84 bits per heavy atom. The van der Waals surface area contributed by atoms with Crippen molar-refractivity contribution in [1.82, 2.24) is 4.31 Å². The van der Waals surface area contributed by atoms with E-state index < -0.39 is 15.6 Å². The van der Waals surface area contributed by atoms with Gasteiger partial charge >= 0.3 is 0 Å². The first-order valence-corrected chi connectivity index (χ1v) is 8.92. The van der Waals surface area contributed by atoms with Crippen molar-refractivity contribution in [2.75, 3.05) is 13.1 Å². The van der Waals surface area contributed by atoms with Crippen LogP contribution in [-0.4, -0.2) is 37.5 Å². The fourth-order valence-corrected chi connectivity index (χ4v) is 5.71. The lowest BCUT2D eigenvalue weighted by Gasteiger charge is -2.40. The van der Waals surface area contributed by atoms with E-state index in [1.165, 1.54) is 15.6 Å². The number of nitrogens with zero attached hydrogens (tertiary/aromatic N) is 1. The van der Waals surface area contributed by atoms with Crippen LogP contribution in [0.1, 0.15) is 25.6 Å². The van der Waals surface area contributed by atoms with Crippen LogP contribution in [0.25, 0.3) is 0 Å². The molecule has 0 N–H and O–H groups in total. The molecule has 0 bridgehead atoms. The molecule has 1 aliphatic heterocycles. The molecule has 0 aromatic carbocycles. The van der Waals surface area contributed by atoms with Crippen molar-refractivity contribution < 1.29 is 13.2 Å². The molecule has 108 valence electrons. The Hall–Kier alpha value is -0.140. The lowest BCUT2D eigenvalue weighted by molar-refractivity contribution is -0.109. The van der Waals surface area contributed by atoms with Gasteiger partial charge in [0.2, 0.25) is 10.0 Å². The van der Waals surface area contributed by atoms with Crippen LogP contribution in [0.2, 0.25) is 0 Å². The average molecular weight is 324 g/mol. The summed E-state index contributed by atoms with van der Waals surface area (Å²) < 4.78 is 32.6. The molecule has 0 amide bonds. The second kappa shape index (κ2) is 5.33. The van der Waals surface area contributed by atoms with Gasteiger partial charge in [-0.15, -0.1) is 22.9 Å². The maximum Gasteiger partial charge on any atom is 0.244 e. The van der Waals surface area contributed by atoms with Gasteiger partial charge in [-0.3, -0.25) is 0 Å². The Bertz CT molecular complexity index is 553. The van der Waals surface area contributed by atoms with E-state index >= 15 is 0 Å². The highest BCUT2D eigenvalue weighted by Crippen LogP contribution is 2.30. The quantitative estimate of drug-likeness (QED) is 0.803. The van der Waals surface area contributed by atoms with E-state index in [4.69, 9.17) is 16.3 Å². The minimum atomic E-state index is -3.49. The molecule has 1 aromatic rings. The standard InChI is InChI=1S/C12H18ClNO3S2/c1-9-7-14(8-12(2,3)17-9)19(15,16)11-4-5-18-10(11)6-13/h4-5,9H,6-8H2,1-3H3. The predicted octanol–water partition coefficient (Wildman–Crippen LogP) is 2.67. The van der Waals surface area contributed by atoms with Gasteiger partial charge in [0.25, 0.3) is 0 Å². The van der Waals surface area contributed by atoms with Gasteiger partial charge in [0, 0.05) is 18.0 Å². The Morgan fingerprint density at radius 2 is 2.26 bits per heavy atom. The minimum absolute atomic E-state index is 0.114. The van der Waals surface area contributed by atoms with Gasteiger partial charge in [0.05, 0.1) is 22.5 Å². The third kappa shape index (κ3) is 3.13. The van der Waals surface area contributed by atoms with Crippen LogP contribution < -0.4 is 0 Å². The Morgan fingerprint density at radius 1 is 1.58 bits per heavy atom. The number of halogens is 1. The number of ether oxygens (including phenoxy) is 1. The summed E-state index contributed by atoms with van der Waals surface area (Å²) in [6.45, 7) is 6.43. The third-order valence-electron chi connectivity index (χ3n) is 2.98. The summed E-state index contributed by atoms with van der Waals surface area (Å²) in [5.41, 5.74) is -0.470. The first kappa shape index (κ1) is 15.3. The number of hydrogen-bond donors (Lipinski definition) is 0. The van der Waals surface area contributed by atoms with Gasteiger partial charge in [-0.1, -0.05) is 0 Å². The first-order chi connectivity index (χ1) is 8.76. The molecule has 2 heterocycles. The summed E-state index contributed by atoms with van der Waals surface area (Å²) in [7, 11) is -3.49. The molecule has 0 saturated carbocycles. The zero-order valence-corrected chi connectivity index (χ0v) is 13.6. The van der Waals surface area contributed by atoms with Crippen LogP contribution >= 0.6 is 22.9 Å². The van der Waals surface area contributed by atoms with Gasteiger partial charge < -0.3 is 4.74 Å². The van der Waals surface area contributed by atoms with E-state index in [1.807, 2.05) is 20.8 Å². The second-order valence-electron chi connectivity index (χ2n) is 5.33. The molecule has 7 heteroatoms. The predicted molar refractivity (Wildman–Crippen MR) is 77.3 cm³/mol. The second-order valence-corrected chi connectivity index (χ2v) is 8.50. The summed E-state index contributed by atoms with van der Waals surface area (Å²) in [4.78, 5) is 1.02. The van der Waals surface area contributed by atoms with Gasteiger partial charge in [0.1, 0.15) is 0 Å². The van der Waals surface area contributed by atoms with E-state index in [9.17, 15) is 8.42 Å². The van der Waals surface area contributed by atoms with E-state index in [0.29, 0.717) is 22.9 Å². The maximum atomic E-state index is 12.7. The molecule has 1 saturated heterocycles. The number of sulfonamides is 1. The van der Waals surface area contributed by atoms with Gasteiger partial charge in [0.15, 0.2) is 0 Å². The Balaban J connectivity index is 2.34. The monoisotopic (exact) mass is 323 g/mol. The minimum Gasteiger partial charge on any atom is -0.370 e. The SMILES string of the molecule is CC1CN(S(=O)(=O)c2ccsc2CCl)CC(C)(C)O1. The molecule has 1 unspecified atom stereocenters. The summed E-state index contributed by atoms with van der Waals surface area (Å²) in [5.74, 6) is 0.218.